The van der Waals surface area contributed by atoms with Gasteiger partial charge in [0.05, 0.1) is 20.3 Å². The number of hydrogen-bond acceptors (Lipinski definition) is 7. The van der Waals surface area contributed by atoms with E-state index in [0.717, 1.165) is 37.0 Å². The third-order valence-electron chi connectivity index (χ3n) is 6.24. The number of rotatable bonds is 9. The van der Waals surface area contributed by atoms with Crippen molar-refractivity contribution in [3.05, 3.63) is 64.3 Å². The van der Waals surface area contributed by atoms with Gasteiger partial charge in [0.25, 0.3) is 0 Å². The molecule has 0 amide bonds. The van der Waals surface area contributed by atoms with Crippen molar-refractivity contribution < 1.29 is 32.2 Å². The van der Waals surface area contributed by atoms with Crippen LogP contribution in [0.4, 0.5) is 13.2 Å². The van der Waals surface area contributed by atoms with Crippen LogP contribution in [0.2, 0.25) is 5.02 Å². The molecule has 0 N–H and O–H groups in total. The van der Waals surface area contributed by atoms with Crippen molar-refractivity contribution in [3.8, 4) is 11.5 Å². The molecule has 7 nitrogen and oxygen atoms in total. The molecule has 0 radical (unpaired) electrons. The Bertz CT molecular complexity index is 1250. The van der Waals surface area contributed by atoms with Crippen LogP contribution in [0.5, 0.6) is 11.5 Å². The Balaban J connectivity index is 1.48. The molecule has 38 heavy (non-hydrogen) atoms. The summed E-state index contributed by atoms with van der Waals surface area (Å²) in [7, 11) is 1.60. The topological polar surface area (TPSA) is 75.5 Å². The number of methoxy groups -OCH3 is 1. The summed E-state index contributed by atoms with van der Waals surface area (Å²) in [6.45, 7) is 2.36. The molecule has 0 unspecified atom stereocenters. The monoisotopic (exact) mass is 569 g/mol. The van der Waals surface area contributed by atoms with Gasteiger partial charge >= 0.3 is 12.3 Å². The second kappa shape index (κ2) is 12.3. The maximum absolute atomic E-state index is 12.7. The van der Waals surface area contributed by atoms with Crippen molar-refractivity contribution in [2.45, 2.75) is 61.7 Å². The first-order chi connectivity index (χ1) is 18.2. The van der Waals surface area contributed by atoms with Crippen LogP contribution in [0, 0.1) is 0 Å². The van der Waals surface area contributed by atoms with Crippen LogP contribution in [0.1, 0.15) is 60.1 Å². The van der Waals surface area contributed by atoms with Crippen molar-refractivity contribution in [1.29, 1.82) is 0 Å². The van der Waals surface area contributed by atoms with Crippen LogP contribution < -0.4 is 9.47 Å². The summed E-state index contributed by atoms with van der Waals surface area (Å²) in [4.78, 5) is 12.6. The fourth-order valence-corrected chi connectivity index (χ4v) is 5.99. The van der Waals surface area contributed by atoms with E-state index in [-0.39, 0.29) is 29.2 Å². The van der Waals surface area contributed by atoms with Gasteiger partial charge in [0.1, 0.15) is 16.5 Å². The van der Waals surface area contributed by atoms with Gasteiger partial charge in [-0.3, -0.25) is 0 Å². The molecule has 1 aliphatic rings. The lowest BCUT2D eigenvalue weighted by Crippen LogP contribution is -2.19. The molecule has 1 heterocycles. The van der Waals surface area contributed by atoms with Gasteiger partial charge in [-0.15, -0.1) is 30.0 Å². The van der Waals surface area contributed by atoms with Gasteiger partial charge < -0.3 is 14.2 Å². The molecule has 0 atom stereocenters. The zero-order valence-electron chi connectivity index (χ0n) is 20.8. The maximum Gasteiger partial charge on any atom is 0.573 e. The molecule has 1 aromatic heterocycles. The molecule has 3 aromatic rings. The van der Waals surface area contributed by atoms with Crippen molar-refractivity contribution in [2.24, 2.45) is 0 Å². The van der Waals surface area contributed by atoms with Crippen LogP contribution in [-0.4, -0.2) is 46.3 Å². The lowest BCUT2D eigenvalue weighted by molar-refractivity contribution is -0.274. The number of aromatic nitrogens is 3. The van der Waals surface area contributed by atoms with Crippen molar-refractivity contribution in [2.75, 3.05) is 13.7 Å². The highest BCUT2D eigenvalue weighted by Crippen LogP contribution is 2.43. The lowest BCUT2D eigenvalue weighted by atomic mass is 9.84. The van der Waals surface area contributed by atoms with E-state index in [1.165, 1.54) is 30.0 Å². The first-order valence-corrected chi connectivity index (χ1v) is 13.4. The molecule has 1 saturated carbocycles. The van der Waals surface area contributed by atoms with Gasteiger partial charge in [-0.2, -0.15) is 0 Å². The quantitative estimate of drug-likeness (QED) is 0.260. The Hall–Kier alpha value is -2.92. The van der Waals surface area contributed by atoms with Gasteiger partial charge in [-0.05, 0) is 80.0 Å². The predicted octanol–water partition coefficient (Wildman–Crippen LogP) is 6.88. The van der Waals surface area contributed by atoms with Crippen LogP contribution in [-0.2, 0) is 11.3 Å². The summed E-state index contributed by atoms with van der Waals surface area (Å²) in [5.41, 5.74) is 1.79. The molecule has 1 fully saturated rings. The maximum atomic E-state index is 12.7. The average Bonchev–Trinajstić information content (AvgIpc) is 3.27. The van der Waals surface area contributed by atoms with E-state index in [0.29, 0.717) is 22.2 Å². The zero-order chi connectivity index (χ0) is 27.3. The fraction of sp³-hybridized carbons (Fsp3) is 0.423. The van der Waals surface area contributed by atoms with E-state index in [1.807, 2.05) is 24.3 Å². The molecule has 0 aliphatic heterocycles. The Morgan fingerprint density at radius 2 is 1.79 bits per heavy atom. The summed E-state index contributed by atoms with van der Waals surface area (Å²) >= 11 is 7.86. The summed E-state index contributed by atoms with van der Waals surface area (Å²) in [5, 5.41) is 9.54. The Morgan fingerprint density at radius 1 is 1.11 bits per heavy atom. The molecule has 2 aromatic carbocycles. The number of ether oxygens (including phenoxy) is 3. The molecule has 204 valence electrons. The number of hydrogen-bond donors (Lipinski definition) is 0. The van der Waals surface area contributed by atoms with Gasteiger partial charge in [-0.1, -0.05) is 28.9 Å². The molecule has 1 aliphatic carbocycles. The minimum atomic E-state index is -4.77. The van der Waals surface area contributed by atoms with E-state index < -0.39 is 12.3 Å². The number of nitrogens with zero attached hydrogens (tertiary/aromatic N) is 3. The minimum Gasteiger partial charge on any atom is -0.497 e. The highest BCUT2D eigenvalue weighted by atomic mass is 35.5. The number of thioether (sulfide) groups is 1. The Morgan fingerprint density at radius 3 is 2.42 bits per heavy atom. The number of benzene rings is 2. The van der Waals surface area contributed by atoms with Gasteiger partial charge in [-0.25, -0.2) is 9.48 Å². The smallest absolute Gasteiger partial charge is 0.497 e. The van der Waals surface area contributed by atoms with Crippen LogP contribution in [0.25, 0.3) is 0 Å². The summed E-state index contributed by atoms with van der Waals surface area (Å²) in [5.74, 6) is -0.0663. The first-order valence-electron chi connectivity index (χ1n) is 12.1. The van der Waals surface area contributed by atoms with Crippen LogP contribution in [0.3, 0.4) is 0 Å². The second-order valence-corrected chi connectivity index (χ2v) is 10.5. The number of carbonyl (C=O) groups is 1. The summed E-state index contributed by atoms with van der Waals surface area (Å²) < 4.78 is 54.2. The van der Waals surface area contributed by atoms with Gasteiger partial charge in [0.15, 0.2) is 0 Å². The lowest BCUT2D eigenvalue weighted by Gasteiger charge is -2.29. The average molecular weight is 570 g/mol. The van der Waals surface area contributed by atoms with Gasteiger partial charge in [0, 0.05) is 10.3 Å². The first kappa shape index (κ1) is 28.1. The summed E-state index contributed by atoms with van der Waals surface area (Å²) in [6, 6.07) is 11.6. The standard InChI is InChI=1S/C26H27ClF3N3O4S/c1-3-36-25(34)23-24(33(32-31-23)15-16-4-8-18(35-2)9-5-16)38-20-11-6-17(7-12-20)21-14-19(10-13-22(21)27)37-26(28,29)30/h4-5,8-10,13-14,17,20H,3,6-7,11-12,15H2,1-2H3. The van der Waals surface area contributed by atoms with Crippen LogP contribution in [0.15, 0.2) is 47.5 Å². The normalized spacial score (nSPS) is 17.7. The van der Waals surface area contributed by atoms with Crippen molar-refractivity contribution >= 4 is 29.3 Å². The van der Waals surface area contributed by atoms with E-state index in [4.69, 9.17) is 21.1 Å². The van der Waals surface area contributed by atoms with Crippen molar-refractivity contribution in [3.63, 3.8) is 0 Å². The zero-order valence-corrected chi connectivity index (χ0v) is 22.4. The minimum absolute atomic E-state index is 0.00277. The van der Waals surface area contributed by atoms with E-state index in [2.05, 4.69) is 15.0 Å². The van der Waals surface area contributed by atoms with E-state index in [1.54, 1.807) is 18.7 Å². The largest absolute Gasteiger partial charge is 0.573 e. The fourth-order valence-electron chi connectivity index (χ4n) is 4.44. The molecular formula is C26H27ClF3N3O4S. The number of halogens is 4. The predicted molar refractivity (Wildman–Crippen MR) is 137 cm³/mol. The third-order valence-corrected chi connectivity index (χ3v) is 8.02. The number of esters is 1. The Kier molecular flexibility index (Phi) is 9.09. The molecule has 0 spiro atoms. The highest BCUT2D eigenvalue weighted by molar-refractivity contribution is 7.99. The SMILES string of the molecule is CCOC(=O)c1nnn(Cc2ccc(OC)cc2)c1SC1CCC(c2cc(OC(F)(F)F)ccc2Cl)CC1. The Labute approximate surface area is 227 Å². The number of alkyl halides is 3. The van der Waals surface area contributed by atoms with Crippen molar-refractivity contribution in [1.82, 2.24) is 15.0 Å². The molecule has 0 saturated heterocycles. The van der Waals surface area contributed by atoms with E-state index >= 15 is 0 Å². The second-order valence-electron chi connectivity index (χ2n) is 8.79. The van der Waals surface area contributed by atoms with E-state index in [9.17, 15) is 18.0 Å². The molecule has 4 rings (SSSR count). The molecule has 0 bridgehead atoms. The molecule has 12 heteroatoms. The van der Waals surface area contributed by atoms with Crippen LogP contribution >= 0.6 is 23.4 Å². The third kappa shape index (κ3) is 7.13. The molecular weight excluding hydrogens is 543 g/mol. The number of carbonyl (C=O) groups excluding carboxylic acids is 1. The van der Waals surface area contributed by atoms with Gasteiger partial charge in [0.2, 0.25) is 5.69 Å². The summed E-state index contributed by atoms with van der Waals surface area (Å²) in [6.07, 6.45) is -1.78. The highest BCUT2D eigenvalue weighted by Gasteiger charge is 2.33.